The second-order valence-corrected chi connectivity index (χ2v) is 12.9. The first kappa shape index (κ1) is 24.8. The van der Waals surface area contributed by atoms with Crippen LogP contribution in [0.25, 0.3) is 10.8 Å². The highest BCUT2D eigenvalue weighted by molar-refractivity contribution is 5.87. The fourth-order valence-electron chi connectivity index (χ4n) is 8.44. The van der Waals surface area contributed by atoms with Gasteiger partial charge in [0.1, 0.15) is 24.3 Å². The topological polar surface area (TPSA) is 73.8 Å². The molecule has 8 rings (SSSR count). The number of hydrogen-bond acceptors (Lipinski definition) is 7. The Balaban J connectivity index is 1.14. The molecule has 0 radical (unpaired) electrons. The molecule has 8 heteroatoms. The lowest BCUT2D eigenvalue weighted by Gasteiger charge is -2.37. The Morgan fingerprint density at radius 1 is 1.07 bits per heavy atom. The maximum Gasteiger partial charge on any atom is 0.318 e. The number of aromatic hydroxyl groups is 1. The maximum atomic E-state index is 14.4. The number of anilines is 1. The SMILES string of the molecule is Oc1cc(C2CCc3c(nc(OC[C@@]45CCCN4C[C@H](F)C5)nc3N3CC4CCC(C3)N4)C2)c2ccccc2c1. The molecule has 4 saturated heterocycles. The summed E-state index contributed by atoms with van der Waals surface area (Å²) in [5, 5.41) is 16.5. The molecule has 0 saturated carbocycles. The Labute approximate surface area is 234 Å². The van der Waals surface area contributed by atoms with Crippen molar-refractivity contribution in [3.8, 4) is 11.8 Å². The average molecular weight is 544 g/mol. The number of rotatable bonds is 5. The number of nitrogens with one attached hydrogen (secondary N) is 1. The van der Waals surface area contributed by atoms with Crippen LogP contribution in [0.15, 0.2) is 36.4 Å². The van der Waals surface area contributed by atoms with E-state index in [0.29, 0.717) is 43.4 Å². The van der Waals surface area contributed by atoms with Gasteiger partial charge in [0.2, 0.25) is 0 Å². The van der Waals surface area contributed by atoms with Crippen molar-refractivity contribution in [1.82, 2.24) is 20.2 Å². The molecule has 5 atom stereocenters. The zero-order chi connectivity index (χ0) is 26.8. The number of benzene rings is 2. The largest absolute Gasteiger partial charge is 0.508 e. The molecule has 40 heavy (non-hydrogen) atoms. The number of alkyl halides is 1. The first-order chi connectivity index (χ1) is 19.5. The summed E-state index contributed by atoms with van der Waals surface area (Å²) in [5.41, 5.74) is 3.27. The molecule has 4 fully saturated rings. The number of aromatic nitrogens is 2. The third kappa shape index (κ3) is 4.22. The minimum atomic E-state index is -0.780. The minimum Gasteiger partial charge on any atom is -0.508 e. The molecule has 1 aromatic heterocycles. The predicted octanol–water partition coefficient (Wildman–Crippen LogP) is 4.50. The zero-order valence-corrected chi connectivity index (χ0v) is 23.0. The van der Waals surface area contributed by atoms with Crippen molar-refractivity contribution >= 4 is 16.6 Å². The molecule has 2 aromatic carbocycles. The van der Waals surface area contributed by atoms with Gasteiger partial charge >= 0.3 is 6.01 Å². The van der Waals surface area contributed by atoms with Crippen LogP contribution in [0.4, 0.5) is 10.2 Å². The van der Waals surface area contributed by atoms with Crippen molar-refractivity contribution in [2.75, 3.05) is 37.7 Å². The van der Waals surface area contributed by atoms with Gasteiger partial charge in [-0.3, -0.25) is 4.90 Å². The van der Waals surface area contributed by atoms with Crippen LogP contribution in [-0.4, -0.2) is 76.6 Å². The third-order valence-electron chi connectivity index (χ3n) is 10.3. The molecule has 1 aliphatic carbocycles. The summed E-state index contributed by atoms with van der Waals surface area (Å²) < 4.78 is 20.8. The Bertz CT molecular complexity index is 1440. The van der Waals surface area contributed by atoms with Gasteiger partial charge in [0.15, 0.2) is 0 Å². The van der Waals surface area contributed by atoms with E-state index < -0.39 is 6.17 Å². The number of hydrogen-bond donors (Lipinski definition) is 2. The Hall–Kier alpha value is -2.97. The van der Waals surface area contributed by atoms with Gasteiger partial charge in [-0.05, 0) is 85.9 Å². The number of nitrogens with zero attached hydrogens (tertiary/aromatic N) is 4. The van der Waals surface area contributed by atoms with Crippen LogP contribution >= 0.6 is 0 Å². The lowest BCUT2D eigenvalue weighted by atomic mass is 9.80. The van der Waals surface area contributed by atoms with Crippen molar-refractivity contribution < 1.29 is 14.2 Å². The Kier molecular flexibility index (Phi) is 5.92. The molecule has 4 aliphatic heterocycles. The standard InChI is InChI=1S/C32H38FN5O2/c33-22-15-32(10-3-11-38(32)16-22)19-40-31-35-29-13-21(28-14-25(39)12-20-4-1-2-5-26(20)28)6-9-27(29)30(36-31)37-17-23-7-8-24(18-37)34-23/h1-2,4-5,12,14,21-24,34,39H,3,6-11,13,15-19H2/t21?,22-,23?,24?,32+/m1/s1. The minimum absolute atomic E-state index is 0.226. The normalized spacial score (nSPS) is 31.5. The van der Waals surface area contributed by atoms with E-state index in [2.05, 4.69) is 33.3 Å². The van der Waals surface area contributed by atoms with Gasteiger partial charge in [-0.1, -0.05) is 24.3 Å². The molecule has 3 unspecified atom stereocenters. The van der Waals surface area contributed by atoms with E-state index in [4.69, 9.17) is 14.7 Å². The van der Waals surface area contributed by atoms with Crippen molar-refractivity contribution in [1.29, 1.82) is 0 Å². The van der Waals surface area contributed by atoms with Crippen LogP contribution in [-0.2, 0) is 12.8 Å². The molecule has 7 nitrogen and oxygen atoms in total. The van der Waals surface area contributed by atoms with Crippen LogP contribution in [0.3, 0.4) is 0 Å². The summed E-state index contributed by atoms with van der Waals surface area (Å²) in [6, 6.07) is 13.5. The van der Waals surface area contributed by atoms with E-state index in [1.807, 2.05) is 18.2 Å². The average Bonchev–Trinajstić information content (AvgIpc) is 3.60. The summed E-state index contributed by atoms with van der Waals surface area (Å²) >= 11 is 0. The van der Waals surface area contributed by atoms with Crippen LogP contribution in [0.5, 0.6) is 11.8 Å². The van der Waals surface area contributed by atoms with Gasteiger partial charge in [0.05, 0.1) is 11.2 Å². The highest BCUT2D eigenvalue weighted by atomic mass is 19.1. The summed E-state index contributed by atoms with van der Waals surface area (Å²) in [7, 11) is 0. The number of fused-ring (bicyclic) bond motifs is 5. The van der Waals surface area contributed by atoms with Gasteiger partial charge in [0, 0.05) is 43.7 Å². The Morgan fingerprint density at radius 3 is 2.80 bits per heavy atom. The zero-order valence-electron chi connectivity index (χ0n) is 23.0. The van der Waals surface area contributed by atoms with Gasteiger partial charge in [-0.15, -0.1) is 0 Å². The van der Waals surface area contributed by atoms with Gasteiger partial charge in [0.25, 0.3) is 0 Å². The van der Waals surface area contributed by atoms with E-state index >= 15 is 0 Å². The van der Waals surface area contributed by atoms with Gasteiger partial charge in [-0.2, -0.15) is 9.97 Å². The quantitative estimate of drug-likeness (QED) is 0.491. The number of ether oxygens (including phenoxy) is 1. The van der Waals surface area contributed by atoms with E-state index in [0.717, 1.165) is 68.6 Å². The smallest absolute Gasteiger partial charge is 0.318 e. The second kappa shape index (κ2) is 9.55. The molecule has 0 spiro atoms. The number of piperazine rings is 1. The van der Waals surface area contributed by atoms with E-state index in [-0.39, 0.29) is 11.5 Å². The van der Waals surface area contributed by atoms with Crippen LogP contribution in [0, 0.1) is 0 Å². The summed E-state index contributed by atoms with van der Waals surface area (Å²) in [6.07, 6.45) is 6.94. The number of halogens is 1. The molecule has 0 amide bonds. The lowest BCUT2D eigenvalue weighted by Crippen LogP contribution is -2.51. The third-order valence-corrected chi connectivity index (χ3v) is 10.3. The molecule has 210 valence electrons. The van der Waals surface area contributed by atoms with Crippen LogP contribution < -0.4 is 15.0 Å². The fraction of sp³-hybridized carbons (Fsp3) is 0.562. The number of phenolic OH excluding ortho intramolecular Hbond substituents is 1. The molecular formula is C32H38FN5O2. The van der Waals surface area contributed by atoms with Crippen molar-refractivity contribution in [3.63, 3.8) is 0 Å². The first-order valence-corrected chi connectivity index (χ1v) is 15.2. The van der Waals surface area contributed by atoms with Crippen molar-refractivity contribution in [3.05, 3.63) is 53.2 Å². The second-order valence-electron chi connectivity index (χ2n) is 12.9. The molecule has 5 heterocycles. The maximum absolute atomic E-state index is 14.4. The van der Waals surface area contributed by atoms with E-state index in [1.54, 1.807) is 0 Å². The fourth-order valence-corrected chi connectivity index (χ4v) is 8.44. The summed E-state index contributed by atoms with van der Waals surface area (Å²) in [5.74, 6) is 1.60. The van der Waals surface area contributed by atoms with E-state index in [9.17, 15) is 9.50 Å². The molecule has 5 aliphatic rings. The molecular weight excluding hydrogens is 505 g/mol. The van der Waals surface area contributed by atoms with Gasteiger partial charge in [-0.25, -0.2) is 4.39 Å². The monoisotopic (exact) mass is 543 g/mol. The van der Waals surface area contributed by atoms with Gasteiger partial charge < -0.3 is 20.1 Å². The lowest BCUT2D eigenvalue weighted by molar-refractivity contribution is 0.107. The highest BCUT2D eigenvalue weighted by Crippen LogP contribution is 2.43. The molecule has 3 aromatic rings. The molecule has 2 N–H and O–H groups in total. The van der Waals surface area contributed by atoms with Crippen LogP contribution in [0.1, 0.15) is 61.3 Å². The Morgan fingerprint density at radius 2 is 1.93 bits per heavy atom. The predicted molar refractivity (Wildman–Crippen MR) is 153 cm³/mol. The van der Waals surface area contributed by atoms with Crippen molar-refractivity contribution in [2.24, 2.45) is 0 Å². The van der Waals surface area contributed by atoms with Crippen LogP contribution in [0.2, 0.25) is 0 Å². The number of phenols is 1. The highest BCUT2D eigenvalue weighted by Gasteiger charge is 2.49. The molecule has 2 bridgehead atoms. The van der Waals surface area contributed by atoms with Crippen molar-refractivity contribution in [2.45, 2.75) is 81.1 Å². The first-order valence-electron chi connectivity index (χ1n) is 15.2. The summed E-state index contributed by atoms with van der Waals surface area (Å²) in [4.78, 5) is 14.9. The summed E-state index contributed by atoms with van der Waals surface area (Å²) in [6.45, 7) is 3.83. The van der Waals surface area contributed by atoms with E-state index in [1.165, 1.54) is 29.4 Å².